The zero-order valence-corrected chi connectivity index (χ0v) is 19.7. The number of nitrogens with zero attached hydrogens (tertiary/aromatic N) is 3. The highest BCUT2D eigenvalue weighted by Crippen LogP contribution is 2.19. The number of rotatable bonds is 6. The van der Waals surface area contributed by atoms with Gasteiger partial charge in [-0.25, -0.2) is 8.42 Å². The molecule has 33 heavy (non-hydrogen) atoms. The fourth-order valence-corrected chi connectivity index (χ4v) is 5.29. The van der Waals surface area contributed by atoms with Crippen molar-refractivity contribution in [3.63, 3.8) is 0 Å². The Balaban J connectivity index is 1.36. The van der Waals surface area contributed by atoms with Crippen LogP contribution in [0.2, 0.25) is 0 Å². The monoisotopic (exact) mass is 470 g/mol. The molecule has 0 radical (unpaired) electrons. The van der Waals surface area contributed by atoms with Crippen molar-refractivity contribution in [3.8, 4) is 0 Å². The normalized spacial score (nSPS) is 17.2. The minimum Gasteiger partial charge on any atom is -0.342 e. The molecule has 2 heterocycles. The average molecular weight is 471 g/mol. The summed E-state index contributed by atoms with van der Waals surface area (Å²) < 4.78 is 28.2. The number of benzene rings is 2. The summed E-state index contributed by atoms with van der Waals surface area (Å²) >= 11 is 0. The van der Waals surface area contributed by atoms with E-state index in [-0.39, 0.29) is 16.7 Å². The highest BCUT2D eigenvalue weighted by atomic mass is 32.2. The summed E-state index contributed by atoms with van der Waals surface area (Å²) in [6, 6.07) is 13.2. The van der Waals surface area contributed by atoms with Crippen LogP contribution in [0.4, 0.5) is 5.69 Å². The van der Waals surface area contributed by atoms with E-state index in [9.17, 15) is 18.0 Å². The largest absolute Gasteiger partial charge is 0.342 e. The number of carbonyl (C=O) groups is 2. The third-order valence-corrected chi connectivity index (χ3v) is 7.55. The topological polar surface area (TPSA) is 90.0 Å². The van der Waals surface area contributed by atoms with E-state index in [2.05, 4.69) is 9.62 Å². The number of anilines is 1. The van der Waals surface area contributed by atoms with Gasteiger partial charge in [0.1, 0.15) is 0 Å². The molecular weight excluding hydrogens is 440 g/mol. The smallest absolute Gasteiger partial charge is 0.261 e. The van der Waals surface area contributed by atoms with E-state index in [0.29, 0.717) is 44.0 Å². The first kappa shape index (κ1) is 23.3. The fraction of sp³-hybridized carbons (Fsp3) is 0.417. The van der Waals surface area contributed by atoms with Gasteiger partial charge in [0.2, 0.25) is 5.91 Å². The predicted molar refractivity (Wildman–Crippen MR) is 127 cm³/mol. The van der Waals surface area contributed by atoms with Gasteiger partial charge in [0.15, 0.2) is 0 Å². The Labute approximate surface area is 195 Å². The molecule has 8 nitrogen and oxygen atoms in total. The molecule has 2 fully saturated rings. The lowest BCUT2D eigenvalue weighted by atomic mass is 10.2. The van der Waals surface area contributed by atoms with E-state index in [0.717, 1.165) is 31.5 Å². The number of piperazine rings is 1. The van der Waals surface area contributed by atoms with Crippen LogP contribution in [0.25, 0.3) is 0 Å². The minimum absolute atomic E-state index is 0.0452. The van der Waals surface area contributed by atoms with Gasteiger partial charge in [-0.05, 0) is 50.1 Å². The van der Waals surface area contributed by atoms with Crippen LogP contribution in [0.15, 0.2) is 53.4 Å². The lowest BCUT2D eigenvalue weighted by Crippen LogP contribution is -2.51. The van der Waals surface area contributed by atoms with E-state index in [1.807, 2.05) is 24.0 Å². The standard InChI is InChI=1S/C24H30N4O4S/c1-19-7-9-21(10-8-19)25-33(31,32)22-6-4-5-20(17-22)24(30)28-15-13-26(14-16-28)18-23(29)27-11-2-3-12-27/h4-10,17,25H,2-3,11-16,18H2,1H3. The van der Waals surface area contributed by atoms with Crippen LogP contribution in [0.5, 0.6) is 0 Å². The van der Waals surface area contributed by atoms with Gasteiger partial charge >= 0.3 is 0 Å². The number of amides is 2. The second-order valence-corrected chi connectivity index (χ2v) is 10.3. The molecule has 9 heteroatoms. The number of sulfonamides is 1. The molecule has 2 amide bonds. The maximum atomic E-state index is 13.0. The van der Waals surface area contributed by atoms with Crippen LogP contribution in [0.3, 0.4) is 0 Å². The van der Waals surface area contributed by atoms with Crippen molar-refractivity contribution >= 4 is 27.5 Å². The molecule has 0 spiro atoms. The molecule has 2 aromatic carbocycles. The number of aryl methyl sites for hydroxylation is 1. The van der Waals surface area contributed by atoms with Gasteiger partial charge in [-0.1, -0.05) is 23.8 Å². The van der Waals surface area contributed by atoms with Gasteiger partial charge in [0.05, 0.1) is 11.4 Å². The summed E-state index contributed by atoms with van der Waals surface area (Å²) in [5.74, 6) is -0.0424. The Hall–Kier alpha value is -2.91. The van der Waals surface area contributed by atoms with E-state index in [4.69, 9.17) is 0 Å². The molecule has 1 N–H and O–H groups in total. The summed E-state index contributed by atoms with van der Waals surface area (Å²) in [4.78, 5) is 31.2. The first-order chi connectivity index (χ1) is 15.8. The van der Waals surface area contributed by atoms with Crippen molar-refractivity contribution < 1.29 is 18.0 Å². The second-order valence-electron chi connectivity index (χ2n) is 8.66. The Kier molecular flexibility index (Phi) is 6.99. The van der Waals surface area contributed by atoms with Crippen LogP contribution in [0, 0.1) is 6.92 Å². The summed E-state index contributed by atoms with van der Waals surface area (Å²) in [5, 5.41) is 0. The quantitative estimate of drug-likeness (QED) is 0.699. The van der Waals surface area contributed by atoms with Gasteiger partial charge in [0.25, 0.3) is 15.9 Å². The number of hydrogen-bond donors (Lipinski definition) is 1. The van der Waals surface area contributed by atoms with Crippen LogP contribution in [-0.2, 0) is 14.8 Å². The van der Waals surface area contributed by atoms with Crippen molar-refractivity contribution in [1.82, 2.24) is 14.7 Å². The van der Waals surface area contributed by atoms with E-state index >= 15 is 0 Å². The Bertz CT molecular complexity index is 1100. The summed E-state index contributed by atoms with van der Waals surface area (Å²) in [6.07, 6.45) is 2.15. The molecule has 0 saturated carbocycles. The van der Waals surface area contributed by atoms with Gasteiger partial charge in [-0.15, -0.1) is 0 Å². The highest BCUT2D eigenvalue weighted by molar-refractivity contribution is 7.92. The number of carbonyl (C=O) groups excluding carboxylic acids is 2. The molecule has 2 aliphatic heterocycles. The molecule has 0 aliphatic carbocycles. The van der Waals surface area contributed by atoms with Gasteiger partial charge < -0.3 is 9.80 Å². The van der Waals surface area contributed by atoms with Crippen molar-refractivity contribution in [2.45, 2.75) is 24.7 Å². The van der Waals surface area contributed by atoms with Crippen LogP contribution < -0.4 is 4.72 Å². The zero-order chi connectivity index (χ0) is 23.4. The van der Waals surface area contributed by atoms with Crippen LogP contribution >= 0.6 is 0 Å². The molecule has 2 saturated heterocycles. The van der Waals surface area contributed by atoms with Crippen molar-refractivity contribution in [2.75, 3.05) is 50.5 Å². The lowest BCUT2D eigenvalue weighted by molar-refractivity contribution is -0.131. The average Bonchev–Trinajstić information content (AvgIpc) is 3.36. The maximum Gasteiger partial charge on any atom is 0.261 e. The van der Waals surface area contributed by atoms with Gasteiger partial charge in [0, 0.05) is 50.5 Å². The highest BCUT2D eigenvalue weighted by Gasteiger charge is 2.26. The summed E-state index contributed by atoms with van der Waals surface area (Å²) in [7, 11) is -3.81. The van der Waals surface area contributed by atoms with Crippen molar-refractivity contribution in [1.29, 1.82) is 0 Å². The number of nitrogens with one attached hydrogen (secondary N) is 1. The molecule has 0 bridgehead atoms. The Morgan fingerprint density at radius 1 is 0.879 bits per heavy atom. The van der Waals surface area contributed by atoms with Gasteiger partial charge in [-0.2, -0.15) is 0 Å². The van der Waals surface area contributed by atoms with Crippen molar-refractivity contribution in [3.05, 3.63) is 59.7 Å². The molecule has 0 atom stereocenters. The fourth-order valence-electron chi connectivity index (χ4n) is 4.18. The minimum atomic E-state index is -3.81. The maximum absolute atomic E-state index is 13.0. The first-order valence-corrected chi connectivity index (χ1v) is 12.8. The molecule has 2 aromatic rings. The van der Waals surface area contributed by atoms with Crippen LogP contribution in [0.1, 0.15) is 28.8 Å². The molecule has 2 aliphatic rings. The SMILES string of the molecule is Cc1ccc(NS(=O)(=O)c2cccc(C(=O)N3CCN(CC(=O)N4CCCC4)CC3)c2)cc1. The number of likely N-dealkylation sites (tertiary alicyclic amines) is 1. The first-order valence-electron chi connectivity index (χ1n) is 11.3. The molecule has 0 unspecified atom stereocenters. The predicted octanol–water partition coefficient (Wildman–Crippen LogP) is 2.18. The molecule has 4 rings (SSSR count). The molecular formula is C24H30N4O4S. The molecule has 0 aromatic heterocycles. The summed E-state index contributed by atoms with van der Waals surface area (Å²) in [5.41, 5.74) is 1.84. The van der Waals surface area contributed by atoms with Crippen LogP contribution in [-0.4, -0.2) is 80.7 Å². The third kappa shape index (κ3) is 5.72. The third-order valence-electron chi connectivity index (χ3n) is 6.17. The molecule has 176 valence electrons. The summed E-state index contributed by atoms with van der Waals surface area (Å²) in [6.45, 7) is 6.26. The zero-order valence-electron chi connectivity index (χ0n) is 18.9. The van der Waals surface area contributed by atoms with E-state index < -0.39 is 10.0 Å². The van der Waals surface area contributed by atoms with E-state index in [1.54, 1.807) is 29.2 Å². The lowest BCUT2D eigenvalue weighted by Gasteiger charge is -2.35. The Morgan fingerprint density at radius 3 is 2.21 bits per heavy atom. The Morgan fingerprint density at radius 2 is 1.55 bits per heavy atom. The van der Waals surface area contributed by atoms with E-state index in [1.165, 1.54) is 12.1 Å². The van der Waals surface area contributed by atoms with Gasteiger partial charge in [-0.3, -0.25) is 19.2 Å². The van der Waals surface area contributed by atoms with Crippen molar-refractivity contribution in [2.24, 2.45) is 0 Å². The second kappa shape index (κ2) is 9.93. The number of hydrogen-bond acceptors (Lipinski definition) is 5.